The third kappa shape index (κ3) is 2.47. The monoisotopic (exact) mass is 232 g/mol. The first-order chi connectivity index (χ1) is 8.22. The lowest BCUT2D eigenvalue weighted by Gasteiger charge is -2.27. The fourth-order valence-corrected chi connectivity index (χ4v) is 1.95. The highest BCUT2D eigenvalue weighted by Gasteiger charge is 2.15. The van der Waals surface area contributed by atoms with Gasteiger partial charge in [-0.3, -0.25) is 4.79 Å². The molecule has 0 saturated heterocycles. The maximum absolute atomic E-state index is 11.0. The van der Waals surface area contributed by atoms with Gasteiger partial charge in [0.2, 0.25) is 5.91 Å². The molecule has 0 unspecified atom stereocenters. The van der Waals surface area contributed by atoms with Crippen LogP contribution in [0.4, 0.5) is 5.69 Å². The van der Waals surface area contributed by atoms with E-state index in [4.69, 9.17) is 5.11 Å². The van der Waals surface area contributed by atoms with Crippen LogP contribution >= 0.6 is 0 Å². The minimum atomic E-state index is -0.463. The summed E-state index contributed by atoms with van der Waals surface area (Å²) in [5.41, 5.74) is 3.41. The van der Waals surface area contributed by atoms with E-state index in [-0.39, 0.29) is 5.91 Å². The van der Waals surface area contributed by atoms with E-state index in [0.717, 1.165) is 17.7 Å². The number of rotatable bonds is 3. The van der Waals surface area contributed by atoms with Crippen LogP contribution in [-0.4, -0.2) is 37.8 Å². The molecule has 1 aromatic carbocycles. The van der Waals surface area contributed by atoms with E-state index in [2.05, 4.69) is 22.4 Å². The van der Waals surface area contributed by atoms with Crippen molar-refractivity contribution in [2.45, 2.75) is 0 Å². The largest absolute Gasteiger partial charge is 0.387 e. The molecule has 17 heavy (non-hydrogen) atoms. The quantitative estimate of drug-likeness (QED) is 0.803. The second-order valence-electron chi connectivity index (χ2n) is 4.06. The van der Waals surface area contributed by atoms with Crippen LogP contribution in [0.1, 0.15) is 5.56 Å². The Kier molecular flexibility index (Phi) is 3.44. The molecule has 0 aromatic heterocycles. The van der Waals surface area contributed by atoms with Crippen LogP contribution in [0.15, 0.2) is 30.3 Å². The zero-order chi connectivity index (χ0) is 12.3. The molecule has 4 nitrogen and oxygen atoms in total. The summed E-state index contributed by atoms with van der Waals surface area (Å²) < 4.78 is 0. The third-order valence-corrected chi connectivity index (χ3v) is 2.89. The number of anilines is 1. The lowest BCUT2D eigenvalue weighted by molar-refractivity contribution is -0.123. The van der Waals surface area contributed by atoms with Crippen LogP contribution in [0.2, 0.25) is 0 Å². The average Bonchev–Trinajstić information content (AvgIpc) is 2.38. The Bertz CT molecular complexity index is 454. The van der Waals surface area contributed by atoms with Gasteiger partial charge in [0.15, 0.2) is 0 Å². The number of hydrogen-bond acceptors (Lipinski definition) is 3. The number of hydrogen-bond donors (Lipinski definition) is 2. The predicted octanol–water partition coefficient (Wildman–Crippen LogP) is 0.628. The summed E-state index contributed by atoms with van der Waals surface area (Å²) in [6, 6.07) is 8.10. The first-order valence-electron chi connectivity index (χ1n) is 5.59. The van der Waals surface area contributed by atoms with E-state index in [1.807, 2.05) is 25.2 Å². The van der Waals surface area contributed by atoms with Crippen molar-refractivity contribution in [1.29, 1.82) is 0 Å². The van der Waals surface area contributed by atoms with Crippen molar-refractivity contribution in [1.82, 2.24) is 5.32 Å². The number of carbonyl (C=O) groups is 1. The van der Waals surface area contributed by atoms with Gasteiger partial charge in [-0.2, -0.15) is 0 Å². The van der Waals surface area contributed by atoms with Crippen LogP contribution in [0.3, 0.4) is 0 Å². The van der Waals surface area contributed by atoms with Crippen LogP contribution in [0.25, 0.3) is 5.57 Å². The van der Waals surface area contributed by atoms with Crippen molar-refractivity contribution in [3.05, 3.63) is 35.9 Å². The molecule has 0 fully saturated rings. The smallest absolute Gasteiger partial charge is 0.245 e. The predicted molar refractivity (Wildman–Crippen MR) is 67.8 cm³/mol. The van der Waals surface area contributed by atoms with E-state index in [0.29, 0.717) is 6.54 Å². The van der Waals surface area contributed by atoms with Gasteiger partial charge in [-0.25, -0.2) is 0 Å². The van der Waals surface area contributed by atoms with Gasteiger partial charge in [0.1, 0.15) is 6.61 Å². The molecule has 1 aliphatic heterocycles. The van der Waals surface area contributed by atoms with Crippen molar-refractivity contribution in [3.63, 3.8) is 0 Å². The minimum absolute atomic E-state index is 0.345. The number of benzene rings is 1. The maximum atomic E-state index is 11.0. The van der Waals surface area contributed by atoms with Crippen molar-refractivity contribution >= 4 is 17.2 Å². The van der Waals surface area contributed by atoms with Gasteiger partial charge in [0.05, 0.1) is 0 Å². The molecule has 0 radical (unpaired) electrons. The number of aliphatic hydroxyl groups excluding tert-OH is 1. The van der Waals surface area contributed by atoms with E-state index >= 15 is 0 Å². The summed E-state index contributed by atoms with van der Waals surface area (Å²) in [7, 11) is 2.04. The molecule has 1 aliphatic rings. The number of nitrogens with one attached hydrogen (secondary N) is 1. The molecule has 2 rings (SSSR count). The van der Waals surface area contributed by atoms with Crippen LogP contribution in [0, 0.1) is 0 Å². The second kappa shape index (κ2) is 5.01. The fraction of sp³-hybridized carbons (Fsp3) is 0.308. The zero-order valence-corrected chi connectivity index (χ0v) is 9.81. The summed E-state index contributed by atoms with van der Waals surface area (Å²) in [5, 5.41) is 11.3. The van der Waals surface area contributed by atoms with Gasteiger partial charge in [0.25, 0.3) is 0 Å². The highest BCUT2D eigenvalue weighted by molar-refractivity contribution is 5.84. The highest BCUT2D eigenvalue weighted by Crippen LogP contribution is 2.29. The van der Waals surface area contributed by atoms with Crippen LogP contribution < -0.4 is 10.2 Å². The first-order valence-corrected chi connectivity index (χ1v) is 5.59. The van der Waals surface area contributed by atoms with Crippen molar-refractivity contribution in [2.75, 3.05) is 31.6 Å². The topological polar surface area (TPSA) is 52.6 Å². The summed E-state index contributed by atoms with van der Waals surface area (Å²) >= 11 is 0. The third-order valence-electron chi connectivity index (χ3n) is 2.89. The molecule has 1 amide bonds. The lowest BCUT2D eigenvalue weighted by Crippen LogP contribution is -2.30. The van der Waals surface area contributed by atoms with Gasteiger partial charge in [-0.1, -0.05) is 24.3 Å². The Hall–Kier alpha value is -1.81. The van der Waals surface area contributed by atoms with Crippen molar-refractivity contribution < 1.29 is 9.90 Å². The number of amides is 1. The van der Waals surface area contributed by atoms with E-state index < -0.39 is 6.61 Å². The van der Waals surface area contributed by atoms with Crippen LogP contribution in [0.5, 0.6) is 0 Å². The molecule has 0 saturated carbocycles. The lowest BCUT2D eigenvalue weighted by atomic mass is 9.99. The highest BCUT2D eigenvalue weighted by atomic mass is 16.3. The number of fused-ring (bicyclic) bond motifs is 1. The molecule has 1 aromatic rings. The molecule has 0 atom stereocenters. The average molecular weight is 232 g/mol. The molecule has 0 spiro atoms. The fourth-order valence-electron chi connectivity index (χ4n) is 1.95. The minimum Gasteiger partial charge on any atom is -0.387 e. The molecule has 2 N–H and O–H groups in total. The number of carbonyl (C=O) groups excluding carboxylic acids is 1. The Labute approximate surface area is 101 Å². The molecular formula is C13H16N2O2. The normalized spacial score (nSPS) is 14.0. The summed E-state index contributed by atoms with van der Waals surface area (Å²) in [4.78, 5) is 13.2. The molecule has 1 heterocycles. The standard InChI is InChI=1S/C13H16N2O2/c1-15-7-6-10(8-14-13(17)9-16)11-4-2-3-5-12(11)15/h2-6,16H,7-9H2,1H3,(H,14,17). The first kappa shape index (κ1) is 11.7. The molecule has 4 heteroatoms. The zero-order valence-electron chi connectivity index (χ0n) is 9.81. The Morgan fingerprint density at radius 2 is 2.24 bits per heavy atom. The van der Waals surface area contributed by atoms with Gasteiger partial charge in [0, 0.05) is 31.4 Å². The molecular weight excluding hydrogens is 216 g/mol. The van der Waals surface area contributed by atoms with Crippen molar-refractivity contribution in [3.8, 4) is 0 Å². The van der Waals surface area contributed by atoms with Gasteiger partial charge in [-0.05, 0) is 11.6 Å². The summed E-state index contributed by atoms with van der Waals surface area (Å²) in [6.07, 6.45) is 2.10. The number of aliphatic hydroxyl groups is 1. The van der Waals surface area contributed by atoms with E-state index in [1.54, 1.807) is 0 Å². The number of para-hydroxylation sites is 1. The molecule has 0 bridgehead atoms. The van der Waals surface area contributed by atoms with Crippen LogP contribution in [-0.2, 0) is 4.79 Å². The SMILES string of the molecule is CN1CC=C(CNC(=O)CO)c2ccccc21. The summed E-state index contributed by atoms with van der Waals surface area (Å²) in [6.45, 7) is 0.834. The Morgan fingerprint density at radius 1 is 1.47 bits per heavy atom. The van der Waals surface area contributed by atoms with Gasteiger partial charge < -0.3 is 15.3 Å². The number of nitrogens with zero attached hydrogens (tertiary/aromatic N) is 1. The maximum Gasteiger partial charge on any atom is 0.245 e. The van der Waals surface area contributed by atoms with E-state index in [1.165, 1.54) is 5.69 Å². The van der Waals surface area contributed by atoms with E-state index in [9.17, 15) is 4.79 Å². The molecule has 0 aliphatic carbocycles. The van der Waals surface area contributed by atoms with Gasteiger partial charge >= 0.3 is 0 Å². The molecule has 90 valence electrons. The summed E-state index contributed by atoms with van der Waals surface area (Å²) in [5.74, 6) is -0.345. The van der Waals surface area contributed by atoms with Crippen molar-refractivity contribution in [2.24, 2.45) is 0 Å². The Balaban J connectivity index is 2.17. The Morgan fingerprint density at radius 3 is 3.00 bits per heavy atom. The number of likely N-dealkylation sites (N-methyl/N-ethyl adjacent to an activating group) is 1. The second-order valence-corrected chi connectivity index (χ2v) is 4.06. The van der Waals surface area contributed by atoms with Gasteiger partial charge in [-0.15, -0.1) is 0 Å².